The van der Waals surface area contributed by atoms with E-state index in [9.17, 15) is 0 Å². The molecule has 0 bridgehead atoms. The molecule has 0 aromatic rings. The van der Waals surface area contributed by atoms with Gasteiger partial charge in [0.15, 0.2) is 0 Å². The van der Waals surface area contributed by atoms with Gasteiger partial charge >= 0.3 is 0 Å². The Hall–Kier alpha value is 0.210. The van der Waals surface area contributed by atoms with Crippen LogP contribution in [0.5, 0.6) is 0 Å². The van der Waals surface area contributed by atoms with E-state index < -0.39 is 0 Å². The molecule has 1 N–H and O–H groups in total. The van der Waals surface area contributed by atoms with Gasteiger partial charge < -0.3 is 0 Å². The Balaban J connectivity index is 2.19. The fraction of sp³-hybridized carbons (Fsp3) is 1.00. The summed E-state index contributed by atoms with van der Waals surface area (Å²) in [7, 11) is 0. The molecule has 0 radical (unpaired) electrons. The lowest BCUT2D eigenvalue weighted by molar-refractivity contribution is 0.108. The molecule has 0 heterocycles. The Bertz CT molecular complexity index is 17.1. The van der Waals surface area contributed by atoms with Gasteiger partial charge in [-0.3, -0.25) is 4.84 Å². The van der Waals surface area contributed by atoms with Crippen LogP contribution in [-0.4, -0.2) is 6.61 Å². The molecule has 0 unspecified atom stereocenters. The number of nitrogens with one attached hydrogen (secondary N) is 1. The summed E-state index contributed by atoms with van der Waals surface area (Å²) in [5.41, 5.74) is 0. The largest absolute Gasteiger partial charge is 0.287 e. The average molecular weight is 95.5 g/mol. The summed E-state index contributed by atoms with van der Waals surface area (Å²) in [6.07, 6.45) is 0. The minimum absolute atomic E-state index is 0.601. The van der Waals surface area contributed by atoms with E-state index in [-0.39, 0.29) is 0 Å². The van der Waals surface area contributed by atoms with Gasteiger partial charge in [0.25, 0.3) is 0 Å². The molecule has 0 aliphatic carbocycles. The van der Waals surface area contributed by atoms with Gasteiger partial charge in [-0.05, 0) is 6.92 Å². The zero-order valence-electron chi connectivity index (χ0n) is 2.99. The SMILES string of the molecule is CCONCl. The maximum atomic E-state index is 4.83. The van der Waals surface area contributed by atoms with Gasteiger partial charge in [0.2, 0.25) is 0 Å². The molecule has 0 aliphatic heterocycles. The van der Waals surface area contributed by atoms with E-state index in [0.717, 1.165) is 0 Å². The highest BCUT2D eigenvalue weighted by molar-refractivity contribution is 6.12. The van der Waals surface area contributed by atoms with Crippen molar-refractivity contribution >= 4 is 11.8 Å². The van der Waals surface area contributed by atoms with Crippen LogP contribution in [0.1, 0.15) is 6.92 Å². The van der Waals surface area contributed by atoms with Crippen LogP contribution in [0, 0.1) is 0 Å². The Labute approximate surface area is 36.1 Å². The van der Waals surface area contributed by atoms with E-state index in [1.165, 1.54) is 0 Å². The highest BCUT2D eigenvalue weighted by atomic mass is 35.5. The quantitative estimate of drug-likeness (QED) is 0.402. The molecule has 0 fully saturated rings. The van der Waals surface area contributed by atoms with Crippen molar-refractivity contribution in [2.75, 3.05) is 6.61 Å². The van der Waals surface area contributed by atoms with Crippen molar-refractivity contribution in [3.05, 3.63) is 0 Å². The van der Waals surface area contributed by atoms with Crippen molar-refractivity contribution in [1.82, 2.24) is 5.00 Å². The number of hydrogen-bond donors (Lipinski definition) is 1. The van der Waals surface area contributed by atoms with Crippen LogP contribution in [0.2, 0.25) is 0 Å². The first-order chi connectivity index (χ1) is 2.41. The molecule has 0 aromatic carbocycles. The van der Waals surface area contributed by atoms with Crippen molar-refractivity contribution in [1.29, 1.82) is 0 Å². The van der Waals surface area contributed by atoms with Gasteiger partial charge in [0.1, 0.15) is 0 Å². The second-order valence-electron chi connectivity index (χ2n) is 0.510. The van der Waals surface area contributed by atoms with Gasteiger partial charge in [0, 0.05) is 11.8 Å². The molecule has 0 aliphatic rings. The Morgan fingerprint density at radius 3 is 2.60 bits per heavy atom. The molecule has 2 nitrogen and oxygen atoms in total. The molecular weight excluding hydrogens is 89.5 g/mol. The minimum atomic E-state index is 0.601. The Morgan fingerprint density at radius 2 is 2.60 bits per heavy atom. The van der Waals surface area contributed by atoms with Crippen LogP contribution >= 0.6 is 11.8 Å². The Kier molecular flexibility index (Phi) is 4.39. The smallest absolute Gasteiger partial charge is 0.0669 e. The first-order valence-corrected chi connectivity index (χ1v) is 1.77. The highest BCUT2D eigenvalue weighted by Crippen LogP contribution is 1.62. The van der Waals surface area contributed by atoms with Crippen LogP contribution in [0.4, 0.5) is 0 Å². The summed E-state index contributed by atoms with van der Waals surface area (Å²) in [6.45, 7) is 2.44. The zero-order valence-corrected chi connectivity index (χ0v) is 3.75. The first kappa shape index (κ1) is 5.21. The summed E-state index contributed by atoms with van der Waals surface area (Å²) in [5, 5.41) is 0. The summed E-state index contributed by atoms with van der Waals surface area (Å²) < 4.78 is 0. The van der Waals surface area contributed by atoms with Crippen LogP contribution in [0.25, 0.3) is 0 Å². The average Bonchev–Trinajstić information content (AvgIpc) is 1.41. The predicted octanol–water partition coefficient (Wildman–Crippen LogP) is 0.681. The third kappa shape index (κ3) is 4.21. The van der Waals surface area contributed by atoms with Crippen molar-refractivity contribution in [2.24, 2.45) is 0 Å². The van der Waals surface area contributed by atoms with Crippen LogP contribution in [0.3, 0.4) is 0 Å². The molecule has 0 saturated carbocycles. The standard InChI is InChI=1S/C2H6ClNO/c1-2-5-4-3/h4H,2H2,1H3. The predicted molar refractivity (Wildman–Crippen MR) is 20.6 cm³/mol. The lowest BCUT2D eigenvalue weighted by Gasteiger charge is -1.85. The summed E-state index contributed by atoms with van der Waals surface area (Å²) in [4.78, 5) is 6.34. The Morgan fingerprint density at radius 1 is 2.00 bits per heavy atom. The molecule has 0 saturated heterocycles. The maximum absolute atomic E-state index is 4.83. The lowest BCUT2D eigenvalue weighted by Crippen LogP contribution is -1.97. The van der Waals surface area contributed by atoms with Gasteiger partial charge in [-0.15, -0.1) is 5.00 Å². The topological polar surface area (TPSA) is 21.3 Å². The van der Waals surface area contributed by atoms with E-state index in [0.29, 0.717) is 6.61 Å². The van der Waals surface area contributed by atoms with E-state index in [1.54, 1.807) is 0 Å². The first-order valence-electron chi connectivity index (χ1n) is 1.39. The lowest BCUT2D eigenvalue weighted by atomic mass is 10.9. The van der Waals surface area contributed by atoms with Crippen molar-refractivity contribution in [3.63, 3.8) is 0 Å². The van der Waals surface area contributed by atoms with Crippen molar-refractivity contribution < 1.29 is 4.84 Å². The molecule has 0 spiro atoms. The highest BCUT2D eigenvalue weighted by Gasteiger charge is 1.63. The molecule has 5 heavy (non-hydrogen) atoms. The summed E-state index contributed by atoms with van der Waals surface area (Å²) in [6, 6.07) is 0. The van der Waals surface area contributed by atoms with Crippen molar-refractivity contribution in [2.45, 2.75) is 6.92 Å². The fourth-order valence-electron chi connectivity index (χ4n) is 0.0546. The number of rotatable bonds is 2. The summed E-state index contributed by atoms with van der Waals surface area (Å²) in [5.74, 6) is 0. The van der Waals surface area contributed by atoms with E-state index >= 15 is 0 Å². The minimum Gasteiger partial charge on any atom is -0.287 e. The second-order valence-corrected chi connectivity index (χ2v) is 0.664. The molecular formula is C2H6ClNO. The molecule has 0 rings (SSSR count). The monoisotopic (exact) mass is 95.0 g/mol. The zero-order chi connectivity index (χ0) is 4.12. The maximum Gasteiger partial charge on any atom is 0.0669 e. The van der Waals surface area contributed by atoms with Crippen LogP contribution < -0.4 is 5.00 Å². The summed E-state index contributed by atoms with van der Waals surface area (Å²) >= 11 is 4.83. The fourth-order valence-corrected chi connectivity index (χ4v) is 0.164. The van der Waals surface area contributed by atoms with Crippen molar-refractivity contribution in [3.8, 4) is 0 Å². The second kappa shape index (κ2) is 4.21. The van der Waals surface area contributed by atoms with Gasteiger partial charge in [-0.1, -0.05) is 0 Å². The van der Waals surface area contributed by atoms with E-state index in [4.69, 9.17) is 11.8 Å². The van der Waals surface area contributed by atoms with Crippen LogP contribution in [0.15, 0.2) is 0 Å². The van der Waals surface area contributed by atoms with Gasteiger partial charge in [0.05, 0.1) is 6.61 Å². The molecule has 0 atom stereocenters. The van der Waals surface area contributed by atoms with Gasteiger partial charge in [-0.2, -0.15) is 0 Å². The molecule has 0 aromatic heterocycles. The van der Waals surface area contributed by atoms with Crippen LogP contribution in [-0.2, 0) is 4.84 Å². The number of halogens is 1. The molecule has 32 valence electrons. The van der Waals surface area contributed by atoms with E-state index in [1.807, 2.05) is 11.9 Å². The van der Waals surface area contributed by atoms with E-state index in [2.05, 4.69) is 4.84 Å². The number of hydrogen-bond acceptors (Lipinski definition) is 2. The third-order valence-electron chi connectivity index (χ3n) is 0.199. The van der Waals surface area contributed by atoms with Gasteiger partial charge in [-0.25, -0.2) is 0 Å². The molecule has 3 heteroatoms. The molecule has 0 amide bonds. The normalized spacial score (nSPS) is 8.40. The third-order valence-corrected chi connectivity index (χ3v) is 0.308.